The van der Waals surface area contributed by atoms with E-state index in [-0.39, 0.29) is 64.3 Å². The fourth-order valence-electron chi connectivity index (χ4n) is 1.88. The Hall–Kier alpha value is 1.18. The largest absolute Gasteiger partial charge is 2.00 e. The summed E-state index contributed by atoms with van der Waals surface area (Å²) in [5.74, 6) is 0. The predicted molar refractivity (Wildman–Crippen MR) is 58.2 cm³/mol. The van der Waals surface area contributed by atoms with Crippen LogP contribution < -0.4 is 18.9 Å². The van der Waals surface area contributed by atoms with Gasteiger partial charge in [0.05, 0.1) is 0 Å². The van der Waals surface area contributed by atoms with Crippen LogP contribution in [0, 0.1) is 14.9 Å². The summed E-state index contributed by atoms with van der Waals surface area (Å²) in [5.41, 5.74) is 0.476. The maximum atomic E-state index is 4.75. The zero-order valence-corrected chi connectivity index (χ0v) is 14.2. The Morgan fingerprint density at radius 2 is 1.14 bits per heavy atom. The standard InChI is InChI=1S/C9H18N.2CH3.Li.Zn/c1-8(2)6-5-7-9(3,4)10-8;;;;/h5-7H2,1-4H3;2*1H3;;/q3*-1;+1;+2. The van der Waals surface area contributed by atoms with Gasteiger partial charge in [-0.25, -0.2) is 0 Å². The summed E-state index contributed by atoms with van der Waals surface area (Å²) < 4.78 is 0. The summed E-state index contributed by atoms with van der Waals surface area (Å²) in [5, 5.41) is 4.75. The van der Waals surface area contributed by atoms with Gasteiger partial charge in [0.2, 0.25) is 0 Å². The molecule has 0 radical (unpaired) electrons. The Labute approximate surface area is 116 Å². The molecule has 76 valence electrons. The van der Waals surface area contributed by atoms with Crippen LogP contribution in [0.2, 0.25) is 0 Å². The van der Waals surface area contributed by atoms with Crippen molar-refractivity contribution in [3.05, 3.63) is 20.2 Å². The molecule has 1 aliphatic heterocycles. The van der Waals surface area contributed by atoms with E-state index >= 15 is 0 Å². The summed E-state index contributed by atoms with van der Waals surface area (Å²) in [6, 6.07) is 0. The van der Waals surface area contributed by atoms with Gasteiger partial charge in [-0.2, -0.15) is 0 Å². The monoisotopic (exact) mass is 241 g/mol. The van der Waals surface area contributed by atoms with Crippen molar-refractivity contribution in [3.63, 3.8) is 0 Å². The molecule has 0 aromatic heterocycles. The molecule has 1 rings (SSSR count). The van der Waals surface area contributed by atoms with Crippen LogP contribution in [0.25, 0.3) is 5.32 Å². The number of nitrogens with zero attached hydrogens (tertiary/aromatic N) is 1. The molecule has 0 saturated carbocycles. The molecular formula is C11H24LiNZn. The Balaban J connectivity index is -0.000000125. The van der Waals surface area contributed by atoms with Crippen LogP contribution in [0.3, 0.4) is 0 Å². The van der Waals surface area contributed by atoms with Gasteiger partial charge in [0.15, 0.2) is 0 Å². The molecule has 1 fully saturated rings. The maximum Gasteiger partial charge on any atom is 2.00 e. The van der Waals surface area contributed by atoms with E-state index in [1.807, 2.05) is 0 Å². The molecule has 1 heterocycles. The van der Waals surface area contributed by atoms with E-state index in [0.29, 0.717) is 0 Å². The minimum absolute atomic E-state index is 0. The second kappa shape index (κ2) is 8.35. The van der Waals surface area contributed by atoms with Crippen molar-refractivity contribution in [3.8, 4) is 0 Å². The third-order valence-electron chi connectivity index (χ3n) is 2.18. The number of piperidine rings is 1. The van der Waals surface area contributed by atoms with Gasteiger partial charge in [0, 0.05) is 0 Å². The van der Waals surface area contributed by atoms with E-state index < -0.39 is 0 Å². The molecule has 0 aromatic carbocycles. The molecule has 0 bridgehead atoms. The fourth-order valence-corrected chi connectivity index (χ4v) is 1.88. The maximum absolute atomic E-state index is 4.75. The zero-order valence-electron chi connectivity index (χ0n) is 11.3. The molecule has 1 aliphatic rings. The molecule has 1 nitrogen and oxygen atoms in total. The first-order valence-corrected chi connectivity index (χ1v) is 4.15. The van der Waals surface area contributed by atoms with Gasteiger partial charge in [0.1, 0.15) is 0 Å². The van der Waals surface area contributed by atoms with Crippen LogP contribution in [0.15, 0.2) is 0 Å². The van der Waals surface area contributed by atoms with Crippen LogP contribution in [-0.4, -0.2) is 11.1 Å². The number of hydrogen-bond donors (Lipinski definition) is 0. The van der Waals surface area contributed by atoms with Crippen LogP contribution in [0.5, 0.6) is 0 Å². The molecule has 14 heavy (non-hydrogen) atoms. The predicted octanol–water partition coefficient (Wildman–Crippen LogP) is 1.00. The van der Waals surface area contributed by atoms with Gasteiger partial charge in [-0.3, -0.25) is 0 Å². The molecule has 0 N–H and O–H groups in total. The van der Waals surface area contributed by atoms with E-state index in [1.165, 1.54) is 19.3 Å². The van der Waals surface area contributed by atoms with Crippen molar-refractivity contribution >= 4 is 0 Å². The smallest absolute Gasteiger partial charge is 0.652 e. The first-order chi connectivity index (χ1) is 4.41. The van der Waals surface area contributed by atoms with Crippen molar-refractivity contribution in [2.24, 2.45) is 0 Å². The first kappa shape index (κ1) is 24.4. The second-order valence-corrected chi connectivity index (χ2v) is 4.59. The van der Waals surface area contributed by atoms with Gasteiger partial charge in [-0.15, -0.1) is 11.1 Å². The van der Waals surface area contributed by atoms with Crippen LogP contribution >= 0.6 is 0 Å². The number of hydrogen-bond acceptors (Lipinski definition) is 0. The van der Waals surface area contributed by atoms with E-state index in [4.69, 9.17) is 5.32 Å². The Bertz CT molecular complexity index is 121. The van der Waals surface area contributed by atoms with Crippen molar-refractivity contribution in [2.45, 2.75) is 58.0 Å². The van der Waals surface area contributed by atoms with Gasteiger partial charge < -0.3 is 20.2 Å². The van der Waals surface area contributed by atoms with Crippen molar-refractivity contribution < 1.29 is 38.3 Å². The van der Waals surface area contributed by atoms with Crippen molar-refractivity contribution in [2.75, 3.05) is 0 Å². The van der Waals surface area contributed by atoms with Gasteiger partial charge in [0.25, 0.3) is 0 Å². The van der Waals surface area contributed by atoms with Crippen LogP contribution in [-0.2, 0) is 19.5 Å². The summed E-state index contributed by atoms with van der Waals surface area (Å²) in [4.78, 5) is 0. The fraction of sp³-hybridized carbons (Fsp3) is 0.818. The first-order valence-electron chi connectivity index (χ1n) is 4.15. The Morgan fingerprint density at radius 1 is 0.857 bits per heavy atom. The van der Waals surface area contributed by atoms with E-state index in [9.17, 15) is 0 Å². The molecule has 1 saturated heterocycles. The molecule has 3 heteroatoms. The summed E-state index contributed by atoms with van der Waals surface area (Å²) >= 11 is 0. The van der Waals surface area contributed by atoms with E-state index in [0.717, 1.165) is 0 Å². The zero-order chi connectivity index (χ0) is 7.83. The Kier molecular flexibility index (Phi) is 14.6. The third kappa shape index (κ3) is 8.49. The quantitative estimate of drug-likeness (QED) is 0.445. The topological polar surface area (TPSA) is 14.1 Å². The van der Waals surface area contributed by atoms with Gasteiger partial charge >= 0.3 is 38.3 Å². The molecule has 0 aromatic rings. The van der Waals surface area contributed by atoms with Crippen LogP contribution in [0.4, 0.5) is 0 Å². The molecule has 0 spiro atoms. The SMILES string of the molecule is CC1(C)CCCC(C)(C)[N-]1.[CH3-].[CH3-].[Li+].[Zn+2]. The van der Waals surface area contributed by atoms with E-state index in [2.05, 4.69) is 27.7 Å². The molecule has 0 aliphatic carbocycles. The number of rotatable bonds is 0. The minimum Gasteiger partial charge on any atom is -0.652 e. The molecular weight excluding hydrogens is 218 g/mol. The average Bonchev–Trinajstić information content (AvgIpc) is 1.56. The summed E-state index contributed by atoms with van der Waals surface area (Å²) in [7, 11) is 0. The normalized spacial score (nSPS) is 21.4. The molecule has 0 unspecified atom stereocenters. The van der Waals surface area contributed by atoms with Crippen molar-refractivity contribution in [1.29, 1.82) is 0 Å². The summed E-state index contributed by atoms with van der Waals surface area (Å²) in [6.07, 6.45) is 3.86. The Morgan fingerprint density at radius 3 is 1.29 bits per heavy atom. The summed E-state index contributed by atoms with van der Waals surface area (Å²) in [6.45, 7) is 8.92. The molecule has 0 amide bonds. The van der Waals surface area contributed by atoms with Gasteiger partial charge in [-0.05, 0) is 0 Å². The third-order valence-corrected chi connectivity index (χ3v) is 2.18. The average molecular weight is 243 g/mol. The second-order valence-electron chi connectivity index (χ2n) is 4.59. The van der Waals surface area contributed by atoms with Crippen molar-refractivity contribution in [1.82, 2.24) is 0 Å². The molecule has 0 atom stereocenters. The minimum atomic E-state index is 0. The van der Waals surface area contributed by atoms with E-state index in [1.54, 1.807) is 0 Å². The van der Waals surface area contributed by atoms with Crippen LogP contribution in [0.1, 0.15) is 47.0 Å². The van der Waals surface area contributed by atoms with Gasteiger partial charge in [-0.1, -0.05) is 47.0 Å².